The number of likely N-dealkylation sites (tertiary alicyclic amines) is 1. The number of benzene rings is 2. The fourth-order valence-corrected chi connectivity index (χ4v) is 5.58. The summed E-state index contributed by atoms with van der Waals surface area (Å²) in [6.07, 6.45) is -5.22. The van der Waals surface area contributed by atoms with Crippen LogP contribution in [0.4, 0.5) is 33.7 Å². The summed E-state index contributed by atoms with van der Waals surface area (Å²) in [5.74, 6) is 5.89. The molecule has 3 aromatic rings. The Balaban J connectivity index is 1.55. The summed E-state index contributed by atoms with van der Waals surface area (Å²) in [4.78, 5) is 13.8. The van der Waals surface area contributed by atoms with Crippen molar-refractivity contribution >= 4 is 38.2 Å². The van der Waals surface area contributed by atoms with E-state index in [1.165, 1.54) is 36.3 Å². The molecule has 1 amide bonds. The number of hydrogen-bond donors (Lipinski definition) is 2. The van der Waals surface area contributed by atoms with Gasteiger partial charge in [-0.05, 0) is 63.4 Å². The van der Waals surface area contributed by atoms with Crippen molar-refractivity contribution in [1.29, 1.82) is 0 Å². The highest BCUT2D eigenvalue weighted by Crippen LogP contribution is 2.32. The Bertz CT molecular complexity index is 1720. The van der Waals surface area contributed by atoms with E-state index in [0.29, 0.717) is 16.8 Å². The third-order valence-electron chi connectivity index (χ3n) is 7.00. The van der Waals surface area contributed by atoms with Gasteiger partial charge in [0.1, 0.15) is 24.1 Å². The lowest BCUT2D eigenvalue weighted by Gasteiger charge is -2.36. The van der Waals surface area contributed by atoms with Crippen molar-refractivity contribution in [1.82, 2.24) is 9.47 Å². The third-order valence-corrected chi connectivity index (χ3v) is 8.11. The van der Waals surface area contributed by atoms with Crippen LogP contribution in [-0.4, -0.2) is 81.0 Å². The van der Waals surface area contributed by atoms with Crippen LogP contribution in [0.2, 0.25) is 0 Å². The van der Waals surface area contributed by atoms with Gasteiger partial charge in [-0.2, -0.15) is 13.2 Å². The zero-order valence-electron chi connectivity index (χ0n) is 25.6. The number of aromatic nitrogens is 1. The molecule has 2 heterocycles. The lowest BCUT2D eigenvalue weighted by atomic mass is 10.0. The second-order valence-corrected chi connectivity index (χ2v) is 13.8. The number of carbonyl (C=O) groups excluding carboxylic acids is 1. The average molecular weight is 653 g/mol. The first-order valence-electron chi connectivity index (χ1n) is 14.1. The highest BCUT2D eigenvalue weighted by Gasteiger charge is 2.34. The predicted octanol–water partition coefficient (Wildman–Crippen LogP) is 5.84. The number of halogens is 4. The van der Waals surface area contributed by atoms with Crippen molar-refractivity contribution in [2.45, 2.75) is 62.6 Å². The standard InChI is InChI=1S/C31H36F4N4O5S/c1-30(2,3)44-29(40)38-15-13-25(23(32)18-38)37-24-9-6-10-27-22(24)16-20(39(27)19-31(33,34)35)8-7-14-36-26-12-11-21(45(5,41)42)17-28(26)43-4/h6,9-12,16-17,23,25,36-37H,13-15,18-19H2,1-5H3/t23-,25+/m1/s1. The number of nitrogens with zero attached hydrogens (tertiary/aromatic N) is 2. The van der Waals surface area contributed by atoms with Gasteiger partial charge in [-0.25, -0.2) is 17.6 Å². The number of anilines is 2. The molecule has 0 radical (unpaired) electrons. The highest BCUT2D eigenvalue weighted by molar-refractivity contribution is 7.90. The summed E-state index contributed by atoms with van der Waals surface area (Å²) in [7, 11) is -2.07. The van der Waals surface area contributed by atoms with Gasteiger partial charge in [0.15, 0.2) is 9.84 Å². The Kier molecular flexibility index (Phi) is 9.82. The van der Waals surface area contributed by atoms with Crippen molar-refractivity contribution in [2.24, 2.45) is 0 Å². The molecule has 1 aliphatic rings. The first-order valence-corrected chi connectivity index (χ1v) is 16.0. The Labute approximate surface area is 259 Å². The maximum absolute atomic E-state index is 15.2. The van der Waals surface area contributed by atoms with Crippen LogP contribution in [0.1, 0.15) is 32.9 Å². The fourth-order valence-electron chi connectivity index (χ4n) is 4.95. The molecule has 244 valence electrons. The van der Waals surface area contributed by atoms with E-state index in [1.807, 2.05) is 0 Å². The monoisotopic (exact) mass is 652 g/mol. The number of fused-ring (bicyclic) bond motifs is 1. The normalized spacial score (nSPS) is 17.4. The molecular formula is C31H36F4N4O5S. The zero-order chi connectivity index (χ0) is 33.2. The molecule has 0 bridgehead atoms. The number of ether oxygens (including phenoxy) is 2. The average Bonchev–Trinajstić information content (AvgIpc) is 3.27. The first kappa shape index (κ1) is 33.8. The lowest BCUT2D eigenvalue weighted by Crippen LogP contribution is -2.51. The van der Waals surface area contributed by atoms with Gasteiger partial charge in [0, 0.05) is 29.9 Å². The van der Waals surface area contributed by atoms with E-state index in [2.05, 4.69) is 22.5 Å². The molecule has 0 aliphatic carbocycles. The molecule has 1 saturated heterocycles. The van der Waals surface area contributed by atoms with Crippen LogP contribution in [0, 0.1) is 11.8 Å². The summed E-state index contributed by atoms with van der Waals surface area (Å²) in [6, 6.07) is 9.94. The van der Waals surface area contributed by atoms with E-state index in [-0.39, 0.29) is 47.9 Å². The summed E-state index contributed by atoms with van der Waals surface area (Å²) in [5, 5.41) is 6.57. The van der Waals surface area contributed by atoms with E-state index >= 15 is 4.39 Å². The third kappa shape index (κ3) is 8.75. The Morgan fingerprint density at radius 3 is 2.47 bits per heavy atom. The van der Waals surface area contributed by atoms with E-state index in [1.54, 1.807) is 39.0 Å². The minimum atomic E-state index is -4.53. The molecule has 2 N–H and O–H groups in total. The minimum Gasteiger partial charge on any atom is -0.495 e. The lowest BCUT2D eigenvalue weighted by molar-refractivity contribution is -0.140. The highest BCUT2D eigenvalue weighted by atomic mass is 32.2. The number of alkyl halides is 4. The smallest absolute Gasteiger partial charge is 0.410 e. The number of methoxy groups -OCH3 is 1. The summed E-state index contributed by atoms with van der Waals surface area (Å²) in [6.45, 7) is 4.00. The van der Waals surface area contributed by atoms with Gasteiger partial charge in [-0.3, -0.25) is 0 Å². The van der Waals surface area contributed by atoms with Gasteiger partial charge in [0.25, 0.3) is 0 Å². The van der Waals surface area contributed by atoms with E-state index in [4.69, 9.17) is 9.47 Å². The van der Waals surface area contributed by atoms with Crippen LogP contribution in [0.15, 0.2) is 47.4 Å². The molecule has 0 saturated carbocycles. The Morgan fingerprint density at radius 2 is 1.84 bits per heavy atom. The number of hydrogen-bond acceptors (Lipinski definition) is 7. The van der Waals surface area contributed by atoms with Gasteiger partial charge >= 0.3 is 12.3 Å². The molecule has 9 nitrogen and oxygen atoms in total. The summed E-state index contributed by atoms with van der Waals surface area (Å²) >= 11 is 0. The van der Waals surface area contributed by atoms with Gasteiger partial charge < -0.3 is 29.6 Å². The first-order chi connectivity index (χ1) is 20.9. The van der Waals surface area contributed by atoms with E-state index in [9.17, 15) is 26.4 Å². The van der Waals surface area contributed by atoms with Crippen LogP contribution in [0.3, 0.4) is 0 Å². The SMILES string of the molecule is COc1cc(S(C)(=O)=O)ccc1NCC#Cc1cc2c(N[C@H]3CCN(C(=O)OC(C)(C)C)C[C@H]3F)cccc2n1CC(F)(F)F. The van der Waals surface area contributed by atoms with Crippen LogP contribution in [0.5, 0.6) is 5.75 Å². The second-order valence-electron chi connectivity index (χ2n) is 11.7. The van der Waals surface area contributed by atoms with Crippen LogP contribution < -0.4 is 15.4 Å². The van der Waals surface area contributed by atoms with E-state index in [0.717, 1.165) is 10.8 Å². The van der Waals surface area contributed by atoms with Crippen molar-refractivity contribution in [3.63, 3.8) is 0 Å². The van der Waals surface area contributed by atoms with Gasteiger partial charge in [0.05, 0.1) is 48.0 Å². The second kappa shape index (κ2) is 13.1. The molecule has 1 aliphatic heterocycles. The summed E-state index contributed by atoms with van der Waals surface area (Å²) in [5.41, 5.74) is 0.569. The number of sulfone groups is 1. The predicted molar refractivity (Wildman–Crippen MR) is 164 cm³/mol. The molecule has 2 atom stereocenters. The maximum atomic E-state index is 15.2. The molecule has 45 heavy (non-hydrogen) atoms. The fraction of sp³-hybridized carbons (Fsp3) is 0.452. The van der Waals surface area contributed by atoms with Crippen LogP contribution >= 0.6 is 0 Å². The van der Waals surface area contributed by atoms with Crippen molar-refractivity contribution < 1.29 is 40.2 Å². The Hall–Kier alpha value is -4.12. The number of carbonyl (C=O) groups is 1. The van der Waals surface area contributed by atoms with Crippen LogP contribution in [0.25, 0.3) is 10.9 Å². The van der Waals surface area contributed by atoms with Crippen molar-refractivity contribution in [3.05, 3.63) is 48.2 Å². The Morgan fingerprint density at radius 1 is 1.11 bits per heavy atom. The quantitative estimate of drug-likeness (QED) is 0.244. The number of rotatable bonds is 7. The number of piperidine rings is 1. The molecule has 0 spiro atoms. The van der Waals surface area contributed by atoms with Gasteiger partial charge in [-0.1, -0.05) is 12.0 Å². The van der Waals surface area contributed by atoms with Gasteiger partial charge in [0.2, 0.25) is 0 Å². The molecule has 4 rings (SSSR count). The maximum Gasteiger partial charge on any atom is 0.410 e. The van der Waals surface area contributed by atoms with E-state index < -0.39 is 46.5 Å². The molecular weight excluding hydrogens is 616 g/mol. The molecule has 1 fully saturated rings. The molecule has 14 heteroatoms. The molecule has 2 aromatic carbocycles. The van der Waals surface area contributed by atoms with Crippen LogP contribution in [-0.2, 0) is 21.1 Å². The minimum absolute atomic E-state index is 0.0208. The van der Waals surface area contributed by atoms with Crippen molar-refractivity contribution in [2.75, 3.05) is 43.6 Å². The van der Waals surface area contributed by atoms with Crippen molar-refractivity contribution in [3.8, 4) is 17.6 Å². The number of amides is 1. The topological polar surface area (TPSA) is 102 Å². The molecule has 1 aromatic heterocycles. The largest absolute Gasteiger partial charge is 0.495 e. The summed E-state index contributed by atoms with van der Waals surface area (Å²) < 4.78 is 91.4. The molecule has 0 unspecified atom stereocenters. The van der Waals surface area contributed by atoms with Gasteiger partial charge in [-0.15, -0.1) is 0 Å². The zero-order valence-corrected chi connectivity index (χ0v) is 26.4. The number of nitrogens with one attached hydrogen (secondary N) is 2.